The van der Waals surface area contributed by atoms with Crippen LogP contribution in [0.1, 0.15) is 18.1 Å². The number of nitrogens with one attached hydrogen (secondary N) is 1. The lowest BCUT2D eigenvalue weighted by molar-refractivity contribution is -0.148. The van der Waals surface area contributed by atoms with Crippen LogP contribution < -0.4 is 5.32 Å². The number of hydrogen-bond acceptors (Lipinski definition) is 4. The minimum Gasteiger partial charge on any atom is -0.449 e. The SMILES string of the molecule is C[C@H](OC(=O)/C=C/c1ccccc1F)C(=O)Nc1cccc(C#N)c1. The van der Waals surface area contributed by atoms with Gasteiger partial charge in [0.25, 0.3) is 5.91 Å². The van der Waals surface area contributed by atoms with Gasteiger partial charge in [-0.05, 0) is 37.3 Å². The van der Waals surface area contributed by atoms with Crippen molar-refractivity contribution in [1.29, 1.82) is 5.26 Å². The van der Waals surface area contributed by atoms with E-state index >= 15 is 0 Å². The summed E-state index contributed by atoms with van der Waals surface area (Å²) in [7, 11) is 0. The van der Waals surface area contributed by atoms with E-state index < -0.39 is 23.8 Å². The van der Waals surface area contributed by atoms with Crippen molar-refractivity contribution in [2.24, 2.45) is 0 Å². The molecule has 2 aromatic rings. The van der Waals surface area contributed by atoms with Crippen LogP contribution in [0.4, 0.5) is 10.1 Å². The number of carbonyl (C=O) groups excluding carboxylic acids is 2. The normalized spacial score (nSPS) is 11.6. The minimum absolute atomic E-state index is 0.241. The Morgan fingerprint density at radius 3 is 2.72 bits per heavy atom. The van der Waals surface area contributed by atoms with Gasteiger partial charge < -0.3 is 10.1 Å². The van der Waals surface area contributed by atoms with Gasteiger partial charge in [-0.25, -0.2) is 9.18 Å². The number of amides is 1. The average Bonchev–Trinajstić information content (AvgIpc) is 2.61. The third-order valence-corrected chi connectivity index (χ3v) is 3.23. The molecule has 0 saturated carbocycles. The molecular weight excluding hydrogens is 323 g/mol. The molecule has 25 heavy (non-hydrogen) atoms. The molecule has 126 valence electrons. The quantitative estimate of drug-likeness (QED) is 0.670. The Kier molecular flexibility index (Phi) is 6.02. The zero-order chi connectivity index (χ0) is 18.2. The van der Waals surface area contributed by atoms with Crippen LogP contribution in [0, 0.1) is 17.1 Å². The molecule has 0 radical (unpaired) electrons. The maximum atomic E-state index is 13.4. The molecule has 1 atom stereocenters. The van der Waals surface area contributed by atoms with Gasteiger partial charge in [0.15, 0.2) is 6.10 Å². The van der Waals surface area contributed by atoms with Crippen LogP contribution in [-0.4, -0.2) is 18.0 Å². The number of anilines is 1. The summed E-state index contributed by atoms with van der Waals surface area (Å²) >= 11 is 0. The molecule has 0 aliphatic carbocycles. The maximum absolute atomic E-state index is 13.4. The zero-order valence-electron chi connectivity index (χ0n) is 13.4. The van der Waals surface area contributed by atoms with E-state index in [1.54, 1.807) is 30.3 Å². The van der Waals surface area contributed by atoms with Crippen LogP contribution in [0.3, 0.4) is 0 Å². The summed E-state index contributed by atoms with van der Waals surface area (Å²) in [6, 6.07) is 14.3. The average molecular weight is 338 g/mol. The number of nitrogens with zero attached hydrogens (tertiary/aromatic N) is 1. The Morgan fingerprint density at radius 1 is 1.24 bits per heavy atom. The number of benzene rings is 2. The summed E-state index contributed by atoms with van der Waals surface area (Å²) in [6.07, 6.45) is 1.28. The van der Waals surface area contributed by atoms with Crippen molar-refractivity contribution in [3.63, 3.8) is 0 Å². The first-order valence-electron chi connectivity index (χ1n) is 7.44. The molecule has 1 N–H and O–H groups in total. The van der Waals surface area contributed by atoms with E-state index in [1.165, 1.54) is 31.2 Å². The van der Waals surface area contributed by atoms with Gasteiger partial charge >= 0.3 is 5.97 Å². The molecule has 0 aliphatic rings. The van der Waals surface area contributed by atoms with Crippen molar-refractivity contribution < 1.29 is 18.7 Å². The molecular formula is C19H15FN2O3. The Morgan fingerprint density at radius 2 is 2.00 bits per heavy atom. The molecule has 0 fully saturated rings. The van der Waals surface area contributed by atoms with Crippen molar-refractivity contribution >= 4 is 23.6 Å². The molecule has 0 heterocycles. The number of hydrogen-bond donors (Lipinski definition) is 1. The largest absolute Gasteiger partial charge is 0.449 e. The van der Waals surface area contributed by atoms with Gasteiger partial charge in [0.1, 0.15) is 5.82 Å². The van der Waals surface area contributed by atoms with E-state index in [1.807, 2.05) is 6.07 Å². The highest BCUT2D eigenvalue weighted by Gasteiger charge is 2.16. The fourth-order valence-electron chi connectivity index (χ4n) is 1.95. The van der Waals surface area contributed by atoms with Crippen molar-refractivity contribution in [3.8, 4) is 6.07 Å². The van der Waals surface area contributed by atoms with Gasteiger partial charge in [-0.15, -0.1) is 0 Å². The predicted octanol–water partition coefficient (Wildman–Crippen LogP) is 3.28. The van der Waals surface area contributed by atoms with Gasteiger partial charge in [-0.2, -0.15) is 5.26 Å². The van der Waals surface area contributed by atoms with Crippen LogP contribution >= 0.6 is 0 Å². The highest BCUT2D eigenvalue weighted by Crippen LogP contribution is 2.11. The van der Waals surface area contributed by atoms with Crippen molar-refractivity contribution in [2.45, 2.75) is 13.0 Å². The minimum atomic E-state index is -1.05. The number of nitriles is 1. The summed E-state index contributed by atoms with van der Waals surface area (Å²) in [5.41, 5.74) is 1.06. The summed E-state index contributed by atoms with van der Waals surface area (Å²) in [5.74, 6) is -1.77. The van der Waals surface area contributed by atoms with E-state index in [0.717, 1.165) is 6.08 Å². The van der Waals surface area contributed by atoms with Crippen molar-refractivity contribution in [1.82, 2.24) is 0 Å². The van der Waals surface area contributed by atoms with E-state index in [4.69, 9.17) is 10.00 Å². The summed E-state index contributed by atoms with van der Waals surface area (Å²) in [4.78, 5) is 23.8. The second-order valence-electron chi connectivity index (χ2n) is 5.12. The molecule has 0 spiro atoms. The number of rotatable bonds is 5. The number of halogens is 1. The summed E-state index contributed by atoms with van der Waals surface area (Å²) in [5, 5.41) is 11.4. The fraction of sp³-hybridized carbons (Fsp3) is 0.105. The molecule has 0 bridgehead atoms. The lowest BCUT2D eigenvalue weighted by Gasteiger charge is -2.12. The Labute approximate surface area is 144 Å². The van der Waals surface area contributed by atoms with Gasteiger partial charge in [-0.3, -0.25) is 4.79 Å². The first kappa shape index (κ1) is 17.9. The van der Waals surface area contributed by atoms with Crippen LogP contribution in [0.5, 0.6) is 0 Å². The topological polar surface area (TPSA) is 79.2 Å². The van der Waals surface area contributed by atoms with Gasteiger partial charge in [-0.1, -0.05) is 24.3 Å². The number of esters is 1. The second kappa shape index (κ2) is 8.41. The molecule has 2 rings (SSSR count). The molecule has 0 aliphatic heterocycles. The highest BCUT2D eigenvalue weighted by molar-refractivity contribution is 5.96. The first-order chi connectivity index (χ1) is 12.0. The third-order valence-electron chi connectivity index (χ3n) is 3.23. The molecule has 0 unspecified atom stereocenters. The molecule has 0 aromatic heterocycles. The van der Waals surface area contributed by atoms with E-state index in [2.05, 4.69) is 5.32 Å². The predicted molar refractivity (Wildman–Crippen MR) is 90.8 cm³/mol. The van der Waals surface area contributed by atoms with E-state index in [9.17, 15) is 14.0 Å². The maximum Gasteiger partial charge on any atom is 0.331 e. The van der Waals surface area contributed by atoms with E-state index in [-0.39, 0.29) is 5.56 Å². The molecule has 0 saturated heterocycles. The highest BCUT2D eigenvalue weighted by atomic mass is 19.1. The van der Waals surface area contributed by atoms with Crippen LogP contribution in [0.15, 0.2) is 54.6 Å². The lowest BCUT2D eigenvalue weighted by atomic mass is 10.2. The monoisotopic (exact) mass is 338 g/mol. The smallest absolute Gasteiger partial charge is 0.331 e. The Balaban J connectivity index is 1.93. The lowest BCUT2D eigenvalue weighted by Crippen LogP contribution is -2.29. The van der Waals surface area contributed by atoms with Crippen LogP contribution in [-0.2, 0) is 14.3 Å². The fourth-order valence-corrected chi connectivity index (χ4v) is 1.95. The first-order valence-corrected chi connectivity index (χ1v) is 7.44. The standard InChI is InChI=1S/C19H15FN2O3/c1-13(19(24)22-16-7-4-5-14(11-16)12-21)25-18(23)10-9-15-6-2-3-8-17(15)20/h2-11,13H,1H3,(H,22,24)/b10-9+/t13-/m0/s1. The molecule has 5 nitrogen and oxygen atoms in total. The van der Waals surface area contributed by atoms with E-state index in [0.29, 0.717) is 11.3 Å². The third kappa shape index (κ3) is 5.29. The second-order valence-corrected chi connectivity index (χ2v) is 5.12. The van der Waals surface area contributed by atoms with Crippen LogP contribution in [0.2, 0.25) is 0 Å². The molecule has 2 aromatic carbocycles. The van der Waals surface area contributed by atoms with Gasteiger partial charge in [0.05, 0.1) is 11.6 Å². The summed E-state index contributed by atoms with van der Waals surface area (Å²) < 4.78 is 18.4. The summed E-state index contributed by atoms with van der Waals surface area (Å²) in [6.45, 7) is 1.41. The number of ether oxygens (including phenoxy) is 1. The van der Waals surface area contributed by atoms with Gasteiger partial charge in [0.2, 0.25) is 0 Å². The molecule has 6 heteroatoms. The Bertz CT molecular complexity index is 856. The van der Waals surface area contributed by atoms with Crippen LogP contribution in [0.25, 0.3) is 6.08 Å². The molecule has 1 amide bonds. The zero-order valence-corrected chi connectivity index (χ0v) is 13.4. The number of carbonyl (C=O) groups is 2. The van der Waals surface area contributed by atoms with Crippen molar-refractivity contribution in [3.05, 3.63) is 71.6 Å². The Hall–Kier alpha value is -3.46. The van der Waals surface area contributed by atoms with Gasteiger partial charge in [0, 0.05) is 17.3 Å². The van der Waals surface area contributed by atoms with Crippen molar-refractivity contribution in [2.75, 3.05) is 5.32 Å².